The van der Waals surface area contributed by atoms with E-state index >= 15 is 0 Å². The zero-order valence-corrected chi connectivity index (χ0v) is 15.3. The van der Waals surface area contributed by atoms with Crippen molar-refractivity contribution < 1.29 is 4.79 Å². The third kappa shape index (κ3) is 8.29. The quantitative estimate of drug-likeness (QED) is 0.506. The molecular weight excluding hydrogens is 288 g/mol. The van der Waals surface area contributed by atoms with Gasteiger partial charge in [0.05, 0.1) is 12.1 Å². The number of hydrogen-bond acceptors (Lipinski definition) is 4. The number of nitrogens with one attached hydrogen (secondary N) is 2. The first kappa shape index (κ1) is 19.9. The van der Waals surface area contributed by atoms with Crippen molar-refractivity contribution in [3.63, 3.8) is 0 Å². The van der Waals surface area contributed by atoms with Crippen LogP contribution in [0.2, 0.25) is 0 Å². The number of nitrogens with zero attached hydrogens (tertiary/aromatic N) is 2. The standard InChI is InChI=1S/C18H34N4O/c1-5-6-12-19-13-15(2)20-14-21-18(3,4)17(23)22-16-10-8-7-9-11-16/h15-16,19H,5-13H2,1-4H3,(H,22,23). The monoisotopic (exact) mass is 322 g/mol. The van der Waals surface area contributed by atoms with Crippen LogP contribution in [0.4, 0.5) is 0 Å². The van der Waals surface area contributed by atoms with Gasteiger partial charge in [0.2, 0.25) is 5.91 Å². The predicted octanol–water partition coefficient (Wildman–Crippen LogP) is 3.17. The van der Waals surface area contributed by atoms with Gasteiger partial charge in [-0.2, -0.15) is 0 Å². The molecule has 0 heterocycles. The Hall–Kier alpha value is -1.19. The van der Waals surface area contributed by atoms with Gasteiger partial charge in [0.25, 0.3) is 0 Å². The maximum Gasteiger partial charge on any atom is 0.248 e. The lowest BCUT2D eigenvalue weighted by molar-refractivity contribution is -0.126. The van der Waals surface area contributed by atoms with Crippen molar-refractivity contribution in [2.24, 2.45) is 9.98 Å². The van der Waals surface area contributed by atoms with Gasteiger partial charge in [-0.25, -0.2) is 9.98 Å². The van der Waals surface area contributed by atoms with Crippen LogP contribution in [0.3, 0.4) is 0 Å². The molecule has 1 aliphatic carbocycles. The molecular formula is C18H34N4O. The highest BCUT2D eigenvalue weighted by Gasteiger charge is 2.29. The summed E-state index contributed by atoms with van der Waals surface area (Å²) in [5.41, 5.74) is -0.809. The summed E-state index contributed by atoms with van der Waals surface area (Å²) in [6.45, 7) is 9.67. The van der Waals surface area contributed by atoms with Crippen molar-refractivity contribution in [2.75, 3.05) is 13.1 Å². The number of aliphatic imine (C=N–C) groups is 2. The fourth-order valence-electron chi connectivity index (χ4n) is 2.57. The molecule has 1 amide bonds. The second-order valence-electron chi connectivity index (χ2n) is 7.12. The molecule has 2 N–H and O–H groups in total. The smallest absolute Gasteiger partial charge is 0.248 e. The molecule has 23 heavy (non-hydrogen) atoms. The number of amides is 1. The highest BCUT2D eigenvalue weighted by atomic mass is 16.2. The van der Waals surface area contributed by atoms with E-state index in [1.165, 1.54) is 32.1 Å². The van der Waals surface area contributed by atoms with Gasteiger partial charge < -0.3 is 10.6 Å². The summed E-state index contributed by atoms with van der Waals surface area (Å²) in [7, 11) is 0. The fourth-order valence-corrected chi connectivity index (χ4v) is 2.57. The molecule has 5 heteroatoms. The van der Waals surface area contributed by atoms with Crippen LogP contribution >= 0.6 is 0 Å². The Morgan fingerprint density at radius 3 is 2.65 bits per heavy atom. The Kier molecular flexibility index (Phi) is 9.12. The summed E-state index contributed by atoms with van der Waals surface area (Å²) in [4.78, 5) is 20.9. The van der Waals surface area contributed by atoms with Gasteiger partial charge in [-0.05, 0) is 46.6 Å². The minimum Gasteiger partial charge on any atom is -0.351 e. The van der Waals surface area contributed by atoms with Crippen molar-refractivity contribution in [3.05, 3.63) is 0 Å². The van der Waals surface area contributed by atoms with Crippen molar-refractivity contribution in [1.82, 2.24) is 10.6 Å². The van der Waals surface area contributed by atoms with Crippen LogP contribution in [0.25, 0.3) is 0 Å². The molecule has 0 saturated heterocycles. The first-order valence-electron chi connectivity index (χ1n) is 9.14. The van der Waals surface area contributed by atoms with Crippen LogP contribution in [0, 0.1) is 0 Å². The summed E-state index contributed by atoms with van der Waals surface area (Å²) in [5, 5.41) is 6.47. The molecule has 132 valence electrons. The third-order valence-electron chi connectivity index (χ3n) is 4.25. The summed E-state index contributed by atoms with van der Waals surface area (Å²) < 4.78 is 0. The first-order valence-corrected chi connectivity index (χ1v) is 9.14. The zero-order chi connectivity index (χ0) is 17.1. The molecule has 5 nitrogen and oxygen atoms in total. The Morgan fingerprint density at radius 1 is 1.30 bits per heavy atom. The SMILES string of the molecule is CCCCNCC(C)N=C=NC(C)(C)C(=O)NC1CCCCC1. The lowest BCUT2D eigenvalue weighted by Gasteiger charge is -2.26. The van der Waals surface area contributed by atoms with E-state index in [1.54, 1.807) is 0 Å². The van der Waals surface area contributed by atoms with E-state index in [2.05, 4.69) is 33.6 Å². The summed E-state index contributed by atoms with van der Waals surface area (Å²) in [5.74, 6) is -0.0270. The van der Waals surface area contributed by atoms with Crippen LogP contribution in [0.1, 0.15) is 72.6 Å². The molecule has 0 aromatic carbocycles. The highest BCUT2D eigenvalue weighted by molar-refractivity contribution is 5.86. The molecule has 0 aliphatic heterocycles. The van der Waals surface area contributed by atoms with Crippen molar-refractivity contribution >= 4 is 11.9 Å². The molecule has 0 aromatic heterocycles. The number of rotatable bonds is 9. The molecule has 1 rings (SSSR count). The molecule has 1 fully saturated rings. The van der Waals surface area contributed by atoms with E-state index < -0.39 is 5.54 Å². The lowest BCUT2D eigenvalue weighted by Crippen LogP contribution is -2.46. The van der Waals surface area contributed by atoms with Crippen molar-refractivity contribution in [1.29, 1.82) is 0 Å². The molecule has 1 atom stereocenters. The average Bonchev–Trinajstić information content (AvgIpc) is 2.52. The van der Waals surface area contributed by atoms with Gasteiger partial charge in [0, 0.05) is 12.6 Å². The van der Waals surface area contributed by atoms with E-state index in [4.69, 9.17) is 0 Å². The first-order chi connectivity index (χ1) is 11.0. The molecule has 0 aromatic rings. The van der Waals surface area contributed by atoms with Gasteiger partial charge in [-0.1, -0.05) is 32.6 Å². The number of unbranched alkanes of at least 4 members (excludes halogenated alkanes) is 1. The van der Waals surface area contributed by atoms with E-state index in [-0.39, 0.29) is 11.9 Å². The molecule has 0 radical (unpaired) electrons. The van der Waals surface area contributed by atoms with E-state index in [0.29, 0.717) is 6.04 Å². The number of carbonyl (C=O) groups excluding carboxylic acids is 1. The van der Waals surface area contributed by atoms with Crippen molar-refractivity contribution in [2.45, 2.75) is 90.3 Å². The van der Waals surface area contributed by atoms with Crippen LogP contribution in [0.15, 0.2) is 9.98 Å². The second-order valence-corrected chi connectivity index (χ2v) is 7.12. The van der Waals surface area contributed by atoms with Gasteiger partial charge in [-0.15, -0.1) is 0 Å². The second kappa shape index (κ2) is 10.6. The largest absolute Gasteiger partial charge is 0.351 e. The lowest BCUT2D eigenvalue weighted by atomic mass is 9.94. The zero-order valence-electron chi connectivity index (χ0n) is 15.3. The van der Waals surface area contributed by atoms with Gasteiger partial charge in [0.15, 0.2) is 0 Å². The average molecular weight is 322 g/mol. The Balaban J connectivity index is 2.41. The number of hydrogen-bond donors (Lipinski definition) is 2. The Morgan fingerprint density at radius 2 is 2.00 bits per heavy atom. The summed E-state index contributed by atoms with van der Waals surface area (Å²) in [6.07, 6.45) is 8.23. The van der Waals surface area contributed by atoms with Crippen LogP contribution in [0.5, 0.6) is 0 Å². The van der Waals surface area contributed by atoms with Gasteiger partial charge >= 0.3 is 0 Å². The van der Waals surface area contributed by atoms with Crippen LogP contribution in [-0.4, -0.2) is 42.6 Å². The van der Waals surface area contributed by atoms with Gasteiger partial charge in [0.1, 0.15) is 5.54 Å². The van der Waals surface area contributed by atoms with E-state index in [1.807, 2.05) is 20.8 Å². The van der Waals surface area contributed by atoms with E-state index in [9.17, 15) is 4.79 Å². The topological polar surface area (TPSA) is 65.8 Å². The number of carbonyl (C=O) groups is 1. The van der Waals surface area contributed by atoms with Gasteiger partial charge in [-0.3, -0.25) is 4.79 Å². The minimum atomic E-state index is -0.809. The summed E-state index contributed by atoms with van der Waals surface area (Å²) in [6, 6.07) is 3.16. The van der Waals surface area contributed by atoms with Crippen LogP contribution in [-0.2, 0) is 4.79 Å². The summed E-state index contributed by atoms with van der Waals surface area (Å²) >= 11 is 0. The Bertz CT molecular complexity index is 407. The maximum absolute atomic E-state index is 12.4. The third-order valence-corrected chi connectivity index (χ3v) is 4.25. The highest BCUT2D eigenvalue weighted by Crippen LogP contribution is 2.18. The molecule has 0 spiro atoms. The van der Waals surface area contributed by atoms with Crippen LogP contribution < -0.4 is 10.6 Å². The minimum absolute atomic E-state index is 0.0270. The molecule has 0 bridgehead atoms. The normalized spacial score (nSPS) is 17.2. The molecule has 1 unspecified atom stereocenters. The predicted molar refractivity (Wildman–Crippen MR) is 96.2 cm³/mol. The Labute approximate surface area is 141 Å². The molecule has 1 saturated carbocycles. The van der Waals surface area contributed by atoms with Crippen molar-refractivity contribution in [3.8, 4) is 0 Å². The maximum atomic E-state index is 12.4. The molecule has 1 aliphatic rings. The fraction of sp³-hybridized carbons (Fsp3) is 0.889. The van der Waals surface area contributed by atoms with E-state index in [0.717, 1.165) is 25.9 Å².